The number of ether oxygens (including phenoxy) is 2. The van der Waals surface area contributed by atoms with E-state index in [2.05, 4.69) is 107 Å². The van der Waals surface area contributed by atoms with Crippen molar-refractivity contribution in [3.05, 3.63) is 157 Å². The average molecular weight is 844 g/mol. The molecule has 1 saturated heterocycles. The minimum atomic E-state index is -0.769. The monoisotopic (exact) mass is 843 g/mol. The Morgan fingerprint density at radius 2 is 1.42 bits per heavy atom. The number of amides is 4. The van der Waals surface area contributed by atoms with Gasteiger partial charge in [-0.2, -0.15) is 0 Å². The molecular weight excluding hydrogens is 801 g/mol. The van der Waals surface area contributed by atoms with Gasteiger partial charge in [0.1, 0.15) is 12.2 Å². The van der Waals surface area contributed by atoms with Crippen LogP contribution in [0.3, 0.4) is 0 Å². The van der Waals surface area contributed by atoms with Gasteiger partial charge in [-0.1, -0.05) is 78.9 Å². The van der Waals surface area contributed by atoms with Crippen molar-refractivity contribution in [2.75, 3.05) is 29.5 Å². The highest BCUT2D eigenvalue weighted by Gasteiger charge is 2.40. The van der Waals surface area contributed by atoms with Crippen molar-refractivity contribution >= 4 is 57.9 Å². The highest BCUT2D eigenvalue weighted by Crippen LogP contribution is 2.50. The molecule has 1 fully saturated rings. The first-order valence-electron chi connectivity index (χ1n) is 18.8. The summed E-state index contributed by atoms with van der Waals surface area (Å²) in [7, 11) is 0. The fourth-order valence-electron chi connectivity index (χ4n) is 8.15. The summed E-state index contributed by atoms with van der Waals surface area (Å²) in [5.41, 5.74) is 10.0. The second kappa shape index (κ2) is 15.4. The number of nitrogens with one attached hydrogen (secondary N) is 1. The molecule has 8 nitrogen and oxygen atoms in total. The van der Waals surface area contributed by atoms with Crippen LogP contribution in [0.1, 0.15) is 76.1 Å². The molecule has 8 rings (SSSR count). The first-order valence-corrected chi connectivity index (χ1v) is 19.9. The highest BCUT2D eigenvalue weighted by molar-refractivity contribution is 14.1. The van der Waals surface area contributed by atoms with Gasteiger partial charge in [0.15, 0.2) is 11.5 Å². The Bertz CT molecular complexity index is 2270. The summed E-state index contributed by atoms with van der Waals surface area (Å²) < 4.78 is 13.1. The highest BCUT2D eigenvalue weighted by atomic mass is 127. The lowest BCUT2D eigenvalue weighted by atomic mass is 9.76. The molecule has 5 aromatic rings. The number of halogens is 1. The first kappa shape index (κ1) is 36.6. The van der Waals surface area contributed by atoms with Crippen LogP contribution < -0.4 is 24.6 Å². The van der Waals surface area contributed by atoms with Gasteiger partial charge in [0, 0.05) is 30.6 Å². The van der Waals surface area contributed by atoms with Crippen LogP contribution in [0.15, 0.2) is 109 Å². The number of aryl methyl sites for hydroxylation is 2. The molecule has 1 N–H and O–H groups in total. The van der Waals surface area contributed by atoms with Gasteiger partial charge in [-0.05, 0) is 131 Å². The molecule has 3 heterocycles. The maximum absolute atomic E-state index is 14.5. The molecule has 55 heavy (non-hydrogen) atoms. The second-order valence-corrected chi connectivity index (χ2v) is 15.6. The maximum atomic E-state index is 14.5. The van der Waals surface area contributed by atoms with Gasteiger partial charge < -0.3 is 14.4 Å². The third kappa shape index (κ3) is 7.13. The number of carbonyl (C=O) groups excluding carboxylic acids is 3. The number of nitrogens with zero attached hydrogens (tertiary/aromatic N) is 2. The Hall–Kier alpha value is -5.42. The number of barbiturate groups is 1. The van der Waals surface area contributed by atoms with E-state index in [-0.39, 0.29) is 17.4 Å². The minimum Gasteiger partial charge on any atom is -0.490 e. The number of imide groups is 2. The number of benzene rings is 5. The van der Waals surface area contributed by atoms with Crippen molar-refractivity contribution in [3.63, 3.8) is 0 Å². The Kier molecular flexibility index (Phi) is 10.2. The molecular formula is C46H42IN3O5. The predicted octanol–water partition coefficient (Wildman–Crippen LogP) is 9.43. The zero-order valence-electron chi connectivity index (χ0n) is 31.1. The molecule has 9 heteroatoms. The van der Waals surface area contributed by atoms with Crippen LogP contribution in [0.5, 0.6) is 11.5 Å². The maximum Gasteiger partial charge on any atom is 0.335 e. The SMILES string of the molecule is CCOc1cc(/C=C2\C(=O)NC(=O)N(c3cc4c5c(c3)[C@H](c3ccccc3)CCN5CC[C@H]4c3ccccc3)C2=O)cc(I)c1OCc1ccc(C)c(C)c1. The molecule has 5 aromatic carbocycles. The van der Waals surface area contributed by atoms with E-state index in [4.69, 9.17) is 9.47 Å². The summed E-state index contributed by atoms with van der Waals surface area (Å²) >= 11 is 2.19. The molecule has 0 aromatic heterocycles. The van der Waals surface area contributed by atoms with E-state index in [1.165, 1.54) is 34.0 Å². The summed E-state index contributed by atoms with van der Waals surface area (Å²) in [6, 6.07) is 33.9. The Balaban J connectivity index is 1.18. The van der Waals surface area contributed by atoms with Gasteiger partial charge in [-0.3, -0.25) is 14.9 Å². The smallest absolute Gasteiger partial charge is 0.335 e. The fourth-order valence-corrected chi connectivity index (χ4v) is 8.93. The van der Waals surface area contributed by atoms with E-state index in [1.807, 2.05) is 43.3 Å². The van der Waals surface area contributed by atoms with Gasteiger partial charge >= 0.3 is 6.03 Å². The molecule has 0 aliphatic carbocycles. The number of hydrogen-bond acceptors (Lipinski definition) is 6. The van der Waals surface area contributed by atoms with Crippen LogP contribution in [0.4, 0.5) is 16.2 Å². The Morgan fingerprint density at radius 1 is 0.782 bits per heavy atom. The number of rotatable bonds is 9. The molecule has 0 spiro atoms. The summed E-state index contributed by atoms with van der Waals surface area (Å²) in [6.45, 7) is 8.63. The Labute approximate surface area is 335 Å². The third-order valence-corrected chi connectivity index (χ3v) is 11.8. The zero-order chi connectivity index (χ0) is 38.2. The van der Waals surface area contributed by atoms with Crippen LogP contribution in [-0.4, -0.2) is 37.5 Å². The van der Waals surface area contributed by atoms with Crippen molar-refractivity contribution in [2.45, 2.75) is 52.1 Å². The molecule has 0 bridgehead atoms. The van der Waals surface area contributed by atoms with Crippen molar-refractivity contribution in [3.8, 4) is 11.5 Å². The van der Waals surface area contributed by atoms with Crippen molar-refractivity contribution < 1.29 is 23.9 Å². The van der Waals surface area contributed by atoms with Gasteiger partial charge in [0.2, 0.25) is 0 Å². The minimum absolute atomic E-state index is 0.0788. The number of hydrogen-bond donors (Lipinski definition) is 1. The van der Waals surface area contributed by atoms with Crippen LogP contribution in [-0.2, 0) is 16.2 Å². The molecule has 0 radical (unpaired) electrons. The molecule has 3 aliphatic heterocycles. The van der Waals surface area contributed by atoms with Gasteiger partial charge in [0.25, 0.3) is 11.8 Å². The average Bonchev–Trinajstić information content (AvgIpc) is 3.18. The quantitative estimate of drug-likeness (QED) is 0.0905. The number of carbonyl (C=O) groups is 3. The van der Waals surface area contributed by atoms with E-state index < -0.39 is 17.8 Å². The topological polar surface area (TPSA) is 88.2 Å². The standard InChI is InChI=1S/C46H42IN3O5/c1-4-54-41-24-31(23-40(47)43(41)55-27-30-16-15-28(2)29(3)21-30)22-39-44(51)48-46(53)50(45(39)52)34-25-37-35(32-11-7-5-8-12-32)17-19-49-20-18-36(38(26-34)42(37)49)33-13-9-6-10-14-33/h5-16,21-26,35-36H,4,17-20,27H2,1-3H3,(H,48,51,53)/b39-22+/t35-,36-/m0/s1. The fraction of sp³-hybridized carbons (Fsp3) is 0.239. The predicted molar refractivity (Wildman–Crippen MR) is 224 cm³/mol. The molecule has 278 valence electrons. The van der Waals surface area contributed by atoms with Crippen LogP contribution >= 0.6 is 22.6 Å². The van der Waals surface area contributed by atoms with E-state index >= 15 is 0 Å². The molecule has 2 atom stereocenters. The van der Waals surface area contributed by atoms with Crippen molar-refractivity contribution in [1.82, 2.24) is 5.32 Å². The molecule has 0 saturated carbocycles. The Morgan fingerprint density at radius 3 is 2.02 bits per heavy atom. The normalized spacial score (nSPS) is 18.6. The van der Waals surface area contributed by atoms with Crippen LogP contribution in [0, 0.1) is 17.4 Å². The molecule has 0 unspecified atom stereocenters. The van der Waals surface area contributed by atoms with Crippen molar-refractivity contribution in [2.24, 2.45) is 0 Å². The first-order chi connectivity index (χ1) is 26.7. The van der Waals surface area contributed by atoms with Gasteiger partial charge in [-0.15, -0.1) is 0 Å². The summed E-state index contributed by atoms with van der Waals surface area (Å²) in [5, 5.41) is 2.46. The lowest BCUT2D eigenvalue weighted by molar-refractivity contribution is -0.122. The summed E-state index contributed by atoms with van der Waals surface area (Å²) in [6.07, 6.45) is 3.34. The van der Waals surface area contributed by atoms with E-state index in [0.717, 1.165) is 51.1 Å². The van der Waals surface area contributed by atoms with Gasteiger partial charge in [0.05, 0.1) is 15.9 Å². The number of urea groups is 1. The summed E-state index contributed by atoms with van der Waals surface area (Å²) in [4.78, 5) is 45.2. The number of anilines is 2. The van der Waals surface area contributed by atoms with Gasteiger partial charge in [-0.25, -0.2) is 9.69 Å². The lowest BCUT2D eigenvalue weighted by Gasteiger charge is -2.44. The van der Waals surface area contributed by atoms with E-state index in [1.54, 1.807) is 6.07 Å². The largest absolute Gasteiger partial charge is 0.490 e. The van der Waals surface area contributed by atoms with E-state index in [9.17, 15) is 14.4 Å². The van der Waals surface area contributed by atoms with E-state index in [0.29, 0.717) is 36.0 Å². The lowest BCUT2D eigenvalue weighted by Crippen LogP contribution is -2.54. The van der Waals surface area contributed by atoms with Crippen LogP contribution in [0.2, 0.25) is 0 Å². The van der Waals surface area contributed by atoms with Crippen molar-refractivity contribution in [1.29, 1.82) is 0 Å². The molecule has 3 aliphatic rings. The summed E-state index contributed by atoms with van der Waals surface area (Å²) in [5.74, 6) is -0.190. The van der Waals surface area contributed by atoms with Crippen LogP contribution in [0.25, 0.3) is 6.08 Å². The second-order valence-electron chi connectivity index (χ2n) is 14.4. The molecule has 4 amide bonds. The third-order valence-electron chi connectivity index (χ3n) is 11.0. The zero-order valence-corrected chi connectivity index (χ0v) is 33.3.